The van der Waals surface area contributed by atoms with Crippen molar-refractivity contribution in [3.63, 3.8) is 0 Å². The third-order valence-corrected chi connectivity index (χ3v) is 4.59. The lowest BCUT2D eigenvalue weighted by molar-refractivity contribution is -0.137. The quantitative estimate of drug-likeness (QED) is 0.585. The third-order valence-electron chi connectivity index (χ3n) is 3.85. The summed E-state index contributed by atoms with van der Waals surface area (Å²) in [6.45, 7) is 1.43. The highest BCUT2D eigenvalue weighted by molar-refractivity contribution is 7.98. The number of Topliss-reactive ketones (excluding diaryl/α,β-unsaturated/α-hetero) is 1. The standard InChI is InChI=1S/C18H20N2O4S/c1-11(21)13-8-16(20(2)10-13)18(24)19-15(9-17(22)23)12-4-6-14(25-3)7-5-12/h4-8,10,15H,9H2,1-3H3,(H,19,24)(H,22,23). The van der Waals surface area contributed by atoms with Crippen LogP contribution in [0.5, 0.6) is 0 Å². The van der Waals surface area contributed by atoms with Crippen molar-refractivity contribution in [2.75, 3.05) is 6.26 Å². The van der Waals surface area contributed by atoms with Crippen LogP contribution < -0.4 is 5.32 Å². The number of amides is 1. The number of aryl methyl sites for hydroxylation is 1. The summed E-state index contributed by atoms with van der Waals surface area (Å²) in [6.07, 6.45) is 3.30. The van der Waals surface area contributed by atoms with Crippen LogP contribution in [-0.4, -0.2) is 33.6 Å². The normalized spacial score (nSPS) is 11.8. The molecule has 0 saturated carbocycles. The number of carbonyl (C=O) groups excluding carboxylic acids is 2. The third kappa shape index (κ3) is 4.73. The highest BCUT2D eigenvalue weighted by Crippen LogP contribution is 2.22. The van der Waals surface area contributed by atoms with E-state index in [1.54, 1.807) is 29.6 Å². The van der Waals surface area contributed by atoms with Crippen LogP contribution in [0.25, 0.3) is 0 Å². The molecule has 0 fully saturated rings. The van der Waals surface area contributed by atoms with Gasteiger partial charge in [0.05, 0.1) is 12.5 Å². The van der Waals surface area contributed by atoms with Gasteiger partial charge in [-0.2, -0.15) is 0 Å². The Labute approximate surface area is 150 Å². The minimum absolute atomic E-state index is 0.135. The average molecular weight is 360 g/mol. The van der Waals surface area contributed by atoms with Crippen molar-refractivity contribution in [1.29, 1.82) is 0 Å². The number of benzene rings is 1. The number of ketones is 1. The predicted molar refractivity (Wildman–Crippen MR) is 96.1 cm³/mol. The average Bonchev–Trinajstić information content (AvgIpc) is 2.96. The molecule has 0 radical (unpaired) electrons. The summed E-state index contributed by atoms with van der Waals surface area (Å²) in [5, 5.41) is 11.9. The van der Waals surface area contributed by atoms with E-state index in [1.807, 2.05) is 30.5 Å². The summed E-state index contributed by atoms with van der Waals surface area (Å²) in [5.74, 6) is -1.56. The van der Waals surface area contributed by atoms with Crippen LogP contribution in [-0.2, 0) is 11.8 Å². The Kier molecular flexibility index (Phi) is 6.03. The van der Waals surface area contributed by atoms with Crippen LogP contribution in [0.1, 0.15) is 45.8 Å². The van der Waals surface area contributed by atoms with Gasteiger partial charge in [0, 0.05) is 23.7 Å². The van der Waals surface area contributed by atoms with Gasteiger partial charge >= 0.3 is 5.97 Å². The Hall–Kier alpha value is -2.54. The lowest BCUT2D eigenvalue weighted by Gasteiger charge is -2.18. The first-order chi connectivity index (χ1) is 11.8. The van der Waals surface area contributed by atoms with Gasteiger partial charge in [-0.25, -0.2) is 0 Å². The van der Waals surface area contributed by atoms with Gasteiger partial charge in [-0.15, -0.1) is 11.8 Å². The topological polar surface area (TPSA) is 88.4 Å². The molecule has 0 aliphatic carbocycles. The highest BCUT2D eigenvalue weighted by Gasteiger charge is 2.21. The molecule has 25 heavy (non-hydrogen) atoms. The molecule has 0 aliphatic rings. The molecular formula is C18H20N2O4S. The smallest absolute Gasteiger partial charge is 0.305 e. The maximum Gasteiger partial charge on any atom is 0.305 e. The summed E-state index contributed by atoms with van der Waals surface area (Å²) < 4.78 is 1.56. The van der Waals surface area contributed by atoms with E-state index in [9.17, 15) is 14.4 Å². The molecule has 0 spiro atoms. The van der Waals surface area contributed by atoms with E-state index in [1.165, 1.54) is 13.0 Å². The van der Waals surface area contributed by atoms with Gasteiger partial charge in [0.1, 0.15) is 5.69 Å². The molecule has 2 aromatic rings. The minimum Gasteiger partial charge on any atom is -0.481 e. The van der Waals surface area contributed by atoms with Crippen molar-refractivity contribution < 1.29 is 19.5 Å². The molecule has 0 aliphatic heterocycles. The maximum atomic E-state index is 12.5. The van der Waals surface area contributed by atoms with Crippen molar-refractivity contribution in [3.05, 3.63) is 53.3 Å². The number of carboxylic acids is 1. The Morgan fingerprint density at radius 3 is 2.36 bits per heavy atom. The van der Waals surface area contributed by atoms with Crippen molar-refractivity contribution in [2.24, 2.45) is 7.05 Å². The van der Waals surface area contributed by atoms with Crippen molar-refractivity contribution >= 4 is 29.4 Å². The number of carbonyl (C=O) groups is 3. The molecule has 2 N–H and O–H groups in total. The second kappa shape index (κ2) is 8.02. The molecule has 7 heteroatoms. The van der Waals surface area contributed by atoms with Crippen molar-refractivity contribution in [1.82, 2.24) is 9.88 Å². The first-order valence-electron chi connectivity index (χ1n) is 7.65. The second-order valence-electron chi connectivity index (χ2n) is 5.68. The van der Waals surface area contributed by atoms with Gasteiger partial charge < -0.3 is 15.0 Å². The number of aliphatic carboxylic acids is 1. The molecule has 1 heterocycles. The lowest BCUT2D eigenvalue weighted by Crippen LogP contribution is -2.31. The van der Waals surface area contributed by atoms with Gasteiger partial charge in [-0.05, 0) is 36.9 Å². The van der Waals surface area contributed by atoms with Crippen LogP contribution in [0, 0.1) is 0 Å². The summed E-state index contributed by atoms with van der Waals surface area (Å²) >= 11 is 1.58. The molecule has 1 aromatic carbocycles. The number of aromatic nitrogens is 1. The molecule has 1 unspecified atom stereocenters. The molecule has 132 valence electrons. The summed E-state index contributed by atoms with van der Waals surface area (Å²) in [7, 11) is 1.67. The maximum absolute atomic E-state index is 12.5. The van der Waals surface area contributed by atoms with Crippen molar-refractivity contribution in [3.8, 4) is 0 Å². The summed E-state index contributed by atoms with van der Waals surface area (Å²) in [5.41, 5.74) is 1.46. The van der Waals surface area contributed by atoms with E-state index in [2.05, 4.69) is 5.32 Å². The van der Waals surface area contributed by atoms with Gasteiger partial charge in [-0.1, -0.05) is 12.1 Å². The number of hydrogen-bond acceptors (Lipinski definition) is 4. The van der Waals surface area contributed by atoms with Crippen LogP contribution in [0.15, 0.2) is 41.4 Å². The SMILES string of the molecule is CSc1ccc(C(CC(=O)O)NC(=O)c2cc(C(C)=O)cn2C)cc1. The van der Waals surface area contributed by atoms with E-state index in [0.29, 0.717) is 11.3 Å². The van der Waals surface area contributed by atoms with E-state index < -0.39 is 17.9 Å². The number of nitrogens with zero attached hydrogens (tertiary/aromatic N) is 1. The molecule has 1 aromatic heterocycles. The minimum atomic E-state index is -1.00. The molecular weight excluding hydrogens is 340 g/mol. The van der Waals surface area contributed by atoms with Crippen LogP contribution >= 0.6 is 11.8 Å². The summed E-state index contributed by atoms with van der Waals surface area (Å²) in [6, 6.07) is 8.25. The van der Waals surface area contributed by atoms with Crippen LogP contribution in [0.3, 0.4) is 0 Å². The Morgan fingerprint density at radius 1 is 1.24 bits per heavy atom. The number of rotatable bonds is 7. The van der Waals surface area contributed by atoms with E-state index in [-0.39, 0.29) is 12.2 Å². The largest absolute Gasteiger partial charge is 0.481 e. The zero-order valence-electron chi connectivity index (χ0n) is 14.3. The van der Waals surface area contributed by atoms with Crippen molar-refractivity contribution in [2.45, 2.75) is 24.3 Å². The van der Waals surface area contributed by atoms with Gasteiger partial charge in [-0.3, -0.25) is 14.4 Å². The molecule has 2 rings (SSSR count). The first kappa shape index (κ1) is 18.8. The fourth-order valence-electron chi connectivity index (χ4n) is 2.48. The zero-order chi connectivity index (χ0) is 18.6. The molecule has 1 atom stereocenters. The fourth-order valence-corrected chi connectivity index (χ4v) is 2.89. The lowest BCUT2D eigenvalue weighted by atomic mass is 10.0. The van der Waals surface area contributed by atoms with E-state index in [0.717, 1.165) is 10.5 Å². The predicted octanol–water partition coefficient (Wildman–Crippen LogP) is 2.90. The number of carboxylic acid groups (broad SMARTS) is 1. The monoisotopic (exact) mass is 360 g/mol. The van der Waals surface area contributed by atoms with Crippen LogP contribution in [0.4, 0.5) is 0 Å². The van der Waals surface area contributed by atoms with Gasteiger partial charge in [0.25, 0.3) is 5.91 Å². The van der Waals surface area contributed by atoms with Crippen LogP contribution in [0.2, 0.25) is 0 Å². The molecule has 1 amide bonds. The fraction of sp³-hybridized carbons (Fsp3) is 0.278. The first-order valence-corrected chi connectivity index (χ1v) is 8.88. The zero-order valence-corrected chi connectivity index (χ0v) is 15.1. The Morgan fingerprint density at radius 2 is 1.88 bits per heavy atom. The van der Waals surface area contributed by atoms with E-state index >= 15 is 0 Å². The number of hydrogen-bond donors (Lipinski definition) is 2. The summed E-state index contributed by atoms with van der Waals surface area (Å²) in [4.78, 5) is 36.2. The number of thioether (sulfide) groups is 1. The number of nitrogens with one attached hydrogen (secondary N) is 1. The molecule has 0 bridgehead atoms. The highest BCUT2D eigenvalue weighted by atomic mass is 32.2. The molecule has 6 nitrogen and oxygen atoms in total. The Balaban J connectivity index is 2.25. The Bertz CT molecular complexity index is 796. The second-order valence-corrected chi connectivity index (χ2v) is 6.56. The van der Waals surface area contributed by atoms with Gasteiger partial charge in [0.2, 0.25) is 0 Å². The van der Waals surface area contributed by atoms with Gasteiger partial charge in [0.15, 0.2) is 5.78 Å². The molecule has 0 saturated heterocycles. The van der Waals surface area contributed by atoms with E-state index in [4.69, 9.17) is 5.11 Å².